The number of ether oxygens (including phenoxy) is 1. The molecule has 1 aliphatic heterocycles. The number of benzene rings is 2. The van der Waals surface area contributed by atoms with E-state index in [0.717, 1.165) is 11.5 Å². The predicted molar refractivity (Wildman–Crippen MR) is 99.4 cm³/mol. The normalized spacial score (nSPS) is 23.0. The third kappa shape index (κ3) is 3.54. The topological polar surface area (TPSA) is 12.5 Å². The molecule has 2 aromatic carbocycles. The summed E-state index contributed by atoms with van der Waals surface area (Å²) in [4.78, 5) is 2.65. The molecule has 2 nitrogen and oxygen atoms in total. The van der Waals surface area contributed by atoms with Gasteiger partial charge < -0.3 is 4.74 Å². The molecular formula is C22H25NO. The number of hydrogen-bond acceptors (Lipinski definition) is 2. The standard InChI is InChI=1S/C22H25NO/c1-2-8-20(9-3-1)24-21-13-11-18(12-14-21)17-19-7-4-5-10-22(19)23-15-6-16-23/h1-3,8-9,11-14,17,22H,4-7,10,15-16H2/b19-17+. The molecule has 1 saturated heterocycles. The molecule has 0 bridgehead atoms. The molecule has 1 atom stereocenters. The number of nitrogens with zero attached hydrogens (tertiary/aromatic N) is 1. The molecule has 2 aliphatic rings. The molecule has 2 fully saturated rings. The number of rotatable bonds is 4. The van der Waals surface area contributed by atoms with Gasteiger partial charge in [-0.05, 0) is 68.6 Å². The highest BCUT2D eigenvalue weighted by Gasteiger charge is 2.28. The van der Waals surface area contributed by atoms with E-state index < -0.39 is 0 Å². The van der Waals surface area contributed by atoms with Crippen LogP contribution in [0.25, 0.3) is 6.08 Å². The average Bonchev–Trinajstić information content (AvgIpc) is 2.58. The Morgan fingerprint density at radius 3 is 2.29 bits per heavy atom. The van der Waals surface area contributed by atoms with Gasteiger partial charge in [0.25, 0.3) is 0 Å². The zero-order valence-corrected chi connectivity index (χ0v) is 14.2. The first-order valence-electron chi connectivity index (χ1n) is 9.16. The summed E-state index contributed by atoms with van der Waals surface area (Å²) in [7, 11) is 0. The van der Waals surface area contributed by atoms with Crippen molar-refractivity contribution in [2.45, 2.75) is 38.1 Å². The van der Waals surface area contributed by atoms with Gasteiger partial charge in [-0.15, -0.1) is 0 Å². The van der Waals surface area contributed by atoms with Gasteiger partial charge in [0, 0.05) is 6.04 Å². The van der Waals surface area contributed by atoms with Crippen LogP contribution in [0.15, 0.2) is 60.2 Å². The molecule has 2 aromatic rings. The van der Waals surface area contributed by atoms with Gasteiger partial charge in [-0.25, -0.2) is 0 Å². The molecule has 1 saturated carbocycles. The highest BCUT2D eigenvalue weighted by molar-refractivity contribution is 5.55. The zero-order chi connectivity index (χ0) is 16.2. The maximum Gasteiger partial charge on any atom is 0.127 e. The highest BCUT2D eigenvalue weighted by Crippen LogP contribution is 2.32. The molecule has 0 N–H and O–H groups in total. The fraction of sp³-hybridized carbons (Fsp3) is 0.364. The van der Waals surface area contributed by atoms with Crippen molar-refractivity contribution in [3.63, 3.8) is 0 Å². The van der Waals surface area contributed by atoms with E-state index in [-0.39, 0.29) is 0 Å². The van der Waals surface area contributed by atoms with Crippen LogP contribution in [0.3, 0.4) is 0 Å². The minimum atomic E-state index is 0.688. The maximum absolute atomic E-state index is 5.88. The van der Waals surface area contributed by atoms with Crippen molar-refractivity contribution >= 4 is 6.08 Å². The summed E-state index contributed by atoms with van der Waals surface area (Å²) in [6.07, 6.45) is 9.09. The Morgan fingerprint density at radius 2 is 1.58 bits per heavy atom. The monoisotopic (exact) mass is 319 g/mol. The summed E-state index contributed by atoms with van der Waals surface area (Å²) in [5, 5.41) is 0. The molecule has 24 heavy (non-hydrogen) atoms. The number of para-hydroxylation sites is 1. The second kappa shape index (κ2) is 7.23. The van der Waals surface area contributed by atoms with Gasteiger partial charge in [-0.2, -0.15) is 0 Å². The highest BCUT2D eigenvalue weighted by atomic mass is 16.5. The first-order chi connectivity index (χ1) is 11.9. The quantitative estimate of drug-likeness (QED) is 0.736. The van der Waals surface area contributed by atoms with Crippen LogP contribution in [-0.4, -0.2) is 24.0 Å². The molecule has 1 heterocycles. The van der Waals surface area contributed by atoms with Crippen molar-refractivity contribution in [3.05, 3.63) is 65.7 Å². The van der Waals surface area contributed by atoms with Crippen LogP contribution in [0.1, 0.15) is 37.7 Å². The fourth-order valence-corrected chi connectivity index (χ4v) is 3.73. The molecule has 0 amide bonds. The van der Waals surface area contributed by atoms with Gasteiger partial charge in [0.05, 0.1) is 0 Å². The number of hydrogen-bond donors (Lipinski definition) is 0. The third-order valence-electron chi connectivity index (χ3n) is 5.16. The van der Waals surface area contributed by atoms with Gasteiger partial charge >= 0.3 is 0 Å². The van der Waals surface area contributed by atoms with E-state index in [9.17, 15) is 0 Å². The molecule has 124 valence electrons. The van der Waals surface area contributed by atoms with Crippen molar-refractivity contribution in [3.8, 4) is 11.5 Å². The van der Waals surface area contributed by atoms with Crippen molar-refractivity contribution < 1.29 is 4.74 Å². The van der Waals surface area contributed by atoms with Crippen molar-refractivity contribution in [2.75, 3.05) is 13.1 Å². The third-order valence-corrected chi connectivity index (χ3v) is 5.16. The number of likely N-dealkylation sites (tertiary alicyclic amines) is 1. The Hall–Kier alpha value is -2.06. The predicted octanol–water partition coefficient (Wildman–Crippen LogP) is 5.51. The maximum atomic E-state index is 5.88. The average molecular weight is 319 g/mol. The summed E-state index contributed by atoms with van der Waals surface area (Å²) in [5.41, 5.74) is 2.91. The molecule has 4 rings (SSSR count). The lowest BCUT2D eigenvalue weighted by molar-refractivity contribution is 0.121. The molecule has 0 aromatic heterocycles. The van der Waals surface area contributed by atoms with E-state index in [1.54, 1.807) is 5.57 Å². The Morgan fingerprint density at radius 1 is 0.833 bits per heavy atom. The zero-order valence-electron chi connectivity index (χ0n) is 14.2. The minimum Gasteiger partial charge on any atom is -0.457 e. The lowest BCUT2D eigenvalue weighted by Gasteiger charge is -2.42. The summed E-state index contributed by atoms with van der Waals surface area (Å²) < 4.78 is 5.88. The molecule has 0 spiro atoms. The van der Waals surface area contributed by atoms with Crippen LogP contribution < -0.4 is 4.74 Å². The van der Waals surface area contributed by atoms with Crippen LogP contribution in [0.4, 0.5) is 0 Å². The van der Waals surface area contributed by atoms with Gasteiger partial charge in [-0.1, -0.05) is 48.4 Å². The fourth-order valence-electron chi connectivity index (χ4n) is 3.73. The van der Waals surface area contributed by atoms with E-state index in [1.165, 1.54) is 50.8 Å². The van der Waals surface area contributed by atoms with Crippen molar-refractivity contribution in [1.82, 2.24) is 4.90 Å². The van der Waals surface area contributed by atoms with Crippen LogP contribution in [0.2, 0.25) is 0 Å². The van der Waals surface area contributed by atoms with Gasteiger partial charge in [-0.3, -0.25) is 4.90 Å². The molecule has 1 unspecified atom stereocenters. The van der Waals surface area contributed by atoms with Crippen LogP contribution in [0.5, 0.6) is 11.5 Å². The van der Waals surface area contributed by atoms with Crippen LogP contribution in [-0.2, 0) is 0 Å². The first-order valence-corrected chi connectivity index (χ1v) is 9.16. The van der Waals surface area contributed by atoms with Crippen molar-refractivity contribution in [2.24, 2.45) is 0 Å². The molecule has 0 radical (unpaired) electrons. The Balaban J connectivity index is 1.47. The Bertz CT molecular complexity index is 686. The van der Waals surface area contributed by atoms with E-state index in [1.807, 2.05) is 30.3 Å². The van der Waals surface area contributed by atoms with E-state index in [2.05, 4.69) is 35.2 Å². The molecule has 1 aliphatic carbocycles. The molecule has 2 heteroatoms. The minimum absolute atomic E-state index is 0.688. The summed E-state index contributed by atoms with van der Waals surface area (Å²) in [6.45, 7) is 2.57. The van der Waals surface area contributed by atoms with E-state index in [4.69, 9.17) is 4.74 Å². The smallest absolute Gasteiger partial charge is 0.127 e. The largest absolute Gasteiger partial charge is 0.457 e. The van der Waals surface area contributed by atoms with Gasteiger partial charge in [0.2, 0.25) is 0 Å². The van der Waals surface area contributed by atoms with E-state index >= 15 is 0 Å². The summed E-state index contributed by atoms with van der Waals surface area (Å²) in [6, 6.07) is 19.1. The molecular weight excluding hydrogens is 294 g/mol. The lowest BCUT2D eigenvalue weighted by atomic mass is 9.86. The van der Waals surface area contributed by atoms with Crippen molar-refractivity contribution in [1.29, 1.82) is 0 Å². The lowest BCUT2D eigenvalue weighted by Crippen LogP contribution is -2.46. The van der Waals surface area contributed by atoms with E-state index in [0.29, 0.717) is 6.04 Å². The first kappa shape index (κ1) is 15.5. The summed E-state index contributed by atoms with van der Waals surface area (Å²) >= 11 is 0. The SMILES string of the molecule is C(=C1/CCCCC1N1CCC1)/c1ccc(Oc2ccccc2)cc1. The summed E-state index contributed by atoms with van der Waals surface area (Å²) in [5.74, 6) is 1.78. The second-order valence-electron chi connectivity index (χ2n) is 6.85. The van der Waals surface area contributed by atoms with Gasteiger partial charge in [0.1, 0.15) is 11.5 Å². The Labute approximate surface area is 144 Å². The van der Waals surface area contributed by atoms with Crippen LogP contribution >= 0.6 is 0 Å². The van der Waals surface area contributed by atoms with Crippen LogP contribution in [0, 0.1) is 0 Å². The van der Waals surface area contributed by atoms with Gasteiger partial charge in [0.15, 0.2) is 0 Å². The second-order valence-corrected chi connectivity index (χ2v) is 6.85. The Kier molecular flexibility index (Phi) is 4.66.